The summed E-state index contributed by atoms with van der Waals surface area (Å²) in [5, 5.41) is 6.77. The van der Waals surface area contributed by atoms with Crippen LogP contribution in [-0.4, -0.2) is 28.1 Å². The highest BCUT2D eigenvalue weighted by Gasteiger charge is 2.24. The van der Waals surface area contributed by atoms with Crippen LogP contribution in [0.4, 0.5) is 10.1 Å². The Hall–Kier alpha value is -2.37. The van der Waals surface area contributed by atoms with Crippen LogP contribution < -0.4 is 5.73 Å². The van der Waals surface area contributed by atoms with Crippen LogP contribution in [0.5, 0.6) is 0 Å². The van der Waals surface area contributed by atoms with E-state index < -0.39 is 0 Å². The first-order chi connectivity index (χ1) is 9.95. The summed E-state index contributed by atoms with van der Waals surface area (Å²) >= 11 is 0. The van der Waals surface area contributed by atoms with E-state index in [1.165, 1.54) is 12.1 Å². The molecule has 0 fully saturated rings. The lowest BCUT2D eigenvalue weighted by Crippen LogP contribution is -2.30. The van der Waals surface area contributed by atoms with Gasteiger partial charge in [-0.05, 0) is 31.0 Å². The number of anilines is 1. The van der Waals surface area contributed by atoms with E-state index in [-0.39, 0.29) is 23.5 Å². The Morgan fingerprint density at radius 1 is 1.43 bits per heavy atom. The van der Waals surface area contributed by atoms with Crippen molar-refractivity contribution < 1.29 is 9.18 Å². The van der Waals surface area contributed by atoms with Crippen molar-refractivity contribution in [3.05, 3.63) is 47.0 Å². The molecule has 0 bridgehead atoms. The number of aromatic nitrogens is 2. The number of H-pyrrole nitrogens is 1. The van der Waals surface area contributed by atoms with Crippen LogP contribution in [0.2, 0.25) is 0 Å². The van der Waals surface area contributed by atoms with Gasteiger partial charge in [0.2, 0.25) is 0 Å². The zero-order chi connectivity index (χ0) is 15.6. The second-order valence-corrected chi connectivity index (χ2v) is 4.96. The summed E-state index contributed by atoms with van der Waals surface area (Å²) < 4.78 is 13.0. The third-order valence-electron chi connectivity index (χ3n) is 3.69. The van der Waals surface area contributed by atoms with Gasteiger partial charge in [0.05, 0.1) is 17.4 Å². The third kappa shape index (κ3) is 2.89. The first-order valence-corrected chi connectivity index (χ1v) is 6.81. The van der Waals surface area contributed by atoms with Gasteiger partial charge in [-0.1, -0.05) is 19.1 Å². The number of nitrogens with zero attached hydrogens (tertiary/aromatic N) is 2. The van der Waals surface area contributed by atoms with E-state index in [1.807, 2.05) is 13.8 Å². The summed E-state index contributed by atoms with van der Waals surface area (Å²) in [6.45, 7) is 3.80. The molecule has 0 aliphatic carbocycles. The molecule has 1 heterocycles. The number of hydrogen-bond acceptors (Lipinski definition) is 3. The Bertz CT molecular complexity index is 636. The molecule has 2 rings (SSSR count). The van der Waals surface area contributed by atoms with Crippen molar-refractivity contribution in [3.63, 3.8) is 0 Å². The highest BCUT2D eigenvalue weighted by molar-refractivity contribution is 5.97. The maximum absolute atomic E-state index is 13.0. The molecular weight excluding hydrogens is 271 g/mol. The van der Waals surface area contributed by atoms with Crippen molar-refractivity contribution >= 4 is 11.6 Å². The van der Waals surface area contributed by atoms with Gasteiger partial charge in [-0.3, -0.25) is 9.89 Å². The van der Waals surface area contributed by atoms with Gasteiger partial charge in [-0.2, -0.15) is 5.10 Å². The predicted octanol–water partition coefficient (Wildman–Crippen LogP) is 2.53. The van der Waals surface area contributed by atoms with Gasteiger partial charge in [0.15, 0.2) is 5.69 Å². The predicted molar refractivity (Wildman–Crippen MR) is 79.3 cm³/mol. The molecule has 1 unspecified atom stereocenters. The van der Waals surface area contributed by atoms with Crippen molar-refractivity contribution in [3.8, 4) is 0 Å². The number of benzene rings is 1. The van der Waals surface area contributed by atoms with Gasteiger partial charge in [-0.25, -0.2) is 4.39 Å². The Morgan fingerprint density at radius 2 is 2.05 bits per heavy atom. The molecular formula is C15H19FN4O. The van der Waals surface area contributed by atoms with Gasteiger partial charge in [0.1, 0.15) is 5.82 Å². The first-order valence-electron chi connectivity index (χ1n) is 6.81. The quantitative estimate of drug-likeness (QED) is 0.908. The SMILES string of the molecule is CCc1[nH]nc(C(=O)N(C)C(C)c2ccc(F)cc2)c1N. The number of halogens is 1. The monoisotopic (exact) mass is 290 g/mol. The lowest BCUT2D eigenvalue weighted by atomic mass is 10.1. The molecule has 0 saturated carbocycles. The molecule has 0 aliphatic rings. The lowest BCUT2D eigenvalue weighted by molar-refractivity contribution is 0.0737. The molecule has 1 amide bonds. The molecule has 6 heteroatoms. The molecule has 21 heavy (non-hydrogen) atoms. The van der Waals surface area contributed by atoms with Crippen molar-refractivity contribution in [2.24, 2.45) is 0 Å². The summed E-state index contributed by atoms with van der Waals surface area (Å²) in [4.78, 5) is 14.0. The molecule has 0 spiro atoms. The molecule has 1 aromatic carbocycles. The number of rotatable bonds is 4. The summed E-state index contributed by atoms with van der Waals surface area (Å²) in [7, 11) is 1.68. The summed E-state index contributed by atoms with van der Waals surface area (Å²) in [6.07, 6.45) is 0.684. The largest absolute Gasteiger partial charge is 0.395 e. The fourth-order valence-corrected chi connectivity index (χ4v) is 2.13. The summed E-state index contributed by atoms with van der Waals surface area (Å²) in [5.41, 5.74) is 8.13. The summed E-state index contributed by atoms with van der Waals surface area (Å²) in [6, 6.07) is 5.87. The number of nitrogens with one attached hydrogen (secondary N) is 1. The number of nitrogen functional groups attached to an aromatic ring is 1. The third-order valence-corrected chi connectivity index (χ3v) is 3.69. The van der Waals surface area contributed by atoms with E-state index in [4.69, 9.17) is 5.73 Å². The Balaban J connectivity index is 2.22. The van der Waals surface area contributed by atoms with Crippen molar-refractivity contribution in [2.45, 2.75) is 26.3 Å². The maximum Gasteiger partial charge on any atom is 0.276 e. The lowest BCUT2D eigenvalue weighted by Gasteiger charge is -2.24. The second kappa shape index (κ2) is 5.95. The molecule has 112 valence electrons. The zero-order valence-corrected chi connectivity index (χ0v) is 12.4. The Morgan fingerprint density at radius 3 is 2.57 bits per heavy atom. The van der Waals surface area contributed by atoms with Gasteiger partial charge in [-0.15, -0.1) is 0 Å². The van der Waals surface area contributed by atoms with Crippen LogP contribution in [-0.2, 0) is 6.42 Å². The fourth-order valence-electron chi connectivity index (χ4n) is 2.13. The van der Waals surface area contributed by atoms with E-state index in [2.05, 4.69) is 10.2 Å². The average Bonchev–Trinajstić information content (AvgIpc) is 2.86. The molecule has 0 aliphatic heterocycles. The standard InChI is InChI=1S/C15H19FN4O/c1-4-12-13(17)14(19-18-12)15(21)20(3)9(2)10-5-7-11(16)8-6-10/h5-9H,4,17H2,1-3H3,(H,18,19). The highest BCUT2D eigenvalue weighted by atomic mass is 19.1. The number of aryl methyl sites for hydroxylation is 1. The highest BCUT2D eigenvalue weighted by Crippen LogP contribution is 2.23. The number of hydrogen-bond donors (Lipinski definition) is 2. The van der Waals surface area contributed by atoms with Crippen LogP contribution >= 0.6 is 0 Å². The molecule has 0 radical (unpaired) electrons. The number of carbonyl (C=O) groups is 1. The van der Waals surface area contributed by atoms with Crippen molar-refractivity contribution in [1.82, 2.24) is 15.1 Å². The minimum atomic E-state index is -0.302. The van der Waals surface area contributed by atoms with Crippen LogP contribution in [0.1, 0.15) is 41.6 Å². The first kappa shape index (κ1) is 15.0. The van der Waals surface area contributed by atoms with E-state index in [9.17, 15) is 9.18 Å². The molecule has 1 atom stereocenters. The van der Waals surface area contributed by atoms with Crippen LogP contribution in [0.3, 0.4) is 0 Å². The summed E-state index contributed by atoms with van der Waals surface area (Å²) in [5.74, 6) is -0.565. The van der Waals surface area contributed by atoms with Crippen molar-refractivity contribution in [2.75, 3.05) is 12.8 Å². The number of aromatic amines is 1. The maximum atomic E-state index is 13.0. The minimum absolute atomic E-state index is 0.209. The number of carbonyl (C=O) groups excluding carboxylic acids is 1. The van der Waals surface area contributed by atoms with Crippen LogP contribution in [0, 0.1) is 5.82 Å². The Labute approximate surface area is 123 Å². The van der Waals surface area contributed by atoms with E-state index in [0.29, 0.717) is 12.1 Å². The fraction of sp³-hybridized carbons (Fsp3) is 0.333. The molecule has 0 saturated heterocycles. The number of amides is 1. The van der Waals surface area contributed by atoms with Gasteiger partial charge in [0, 0.05) is 7.05 Å². The van der Waals surface area contributed by atoms with Gasteiger partial charge < -0.3 is 10.6 Å². The molecule has 2 aromatic rings. The average molecular weight is 290 g/mol. The minimum Gasteiger partial charge on any atom is -0.395 e. The van der Waals surface area contributed by atoms with E-state index in [0.717, 1.165) is 11.3 Å². The molecule has 1 aromatic heterocycles. The van der Waals surface area contributed by atoms with Gasteiger partial charge >= 0.3 is 0 Å². The zero-order valence-electron chi connectivity index (χ0n) is 12.4. The normalized spacial score (nSPS) is 12.2. The van der Waals surface area contributed by atoms with Crippen LogP contribution in [0.15, 0.2) is 24.3 Å². The Kier molecular flexibility index (Phi) is 4.26. The van der Waals surface area contributed by atoms with Gasteiger partial charge in [0.25, 0.3) is 5.91 Å². The van der Waals surface area contributed by atoms with E-state index >= 15 is 0 Å². The second-order valence-electron chi connectivity index (χ2n) is 4.96. The van der Waals surface area contributed by atoms with Crippen molar-refractivity contribution in [1.29, 1.82) is 0 Å². The van der Waals surface area contributed by atoms with Crippen LogP contribution in [0.25, 0.3) is 0 Å². The molecule has 5 nitrogen and oxygen atoms in total. The number of nitrogens with two attached hydrogens (primary N) is 1. The van der Waals surface area contributed by atoms with E-state index in [1.54, 1.807) is 24.1 Å². The topological polar surface area (TPSA) is 75.0 Å². The smallest absolute Gasteiger partial charge is 0.276 e. The molecule has 3 N–H and O–H groups in total.